The monoisotopic (exact) mass is 319 g/mol. The maximum atomic E-state index is 13.8. The molecular weight excluding hydrogens is 304 g/mol. The highest BCUT2D eigenvalue weighted by atomic mass is 19.1. The number of rotatable bonds is 5. The molecular formula is C16H15F2N3O2. The van der Waals surface area contributed by atoms with Crippen LogP contribution in [0.2, 0.25) is 0 Å². The van der Waals surface area contributed by atoms with Crippen LogP contribution in [0.25, 0.3) is 12.2 Å². The number of nitrogens with one attached hydrogen (secondary N) is 1. The topological polar surface area (TPSA) is 67.3 Å². The molecule has 2 aromatic rings. The average molecular weight is 319 g/mol. The zero-order valence-corrected chi connectivity index (χ0v) is 12.5. The van der Waals surface area contributed by atoms with Gasteiger partial charge in [-0.25, -0.2) is 18.7 Å². The van der Waals surface area contributed by atoms with Crippen LogP contribution in [0.5, 0.6) is 0 Å². The molecule has 0 saturated carbocycles. The third-order valence-electron chi connectivity index (χ3n) is 3.00. The maximum absolute atomic E-state index is 13.8. The fourth-order valence-electron chi connectivity index (χ4n) is 1.83. The number of methoxy groups -OCH3 is 1. The third kappa shape index (κ3) is 4.03. The molecule has 0 radical (unpaired) electrons. The molecule has 0 bridgehead atoms. The molecule has 0 aliphatic rings. The fraction of sp³-hybridized carbons (Fsp3) is 0.125. The highest BCUT2D eigenvalue weighted by Gasteiger charge is 2.11. The van der Waals surface area contributed by atoms with Gasteiger partial charge in [0.2, 0.25) is 0 Å². The Morgan fingerprint density at radius 2 is 2.09 bits per heavy atom. The SMILES string of the molecule is CO/C(C)=C/c1ncnc(Nc2ccc(F)cc2F)c1/C=C/O. The minimum atomic E-state index is -0.757. The van der Waals surface area contributed by atoms with Crippen molar-refractivity contribution in [1.29, 1.82) is 0 Å². The highest BCUT2D eigenvalue weighted by Crippen LogP contribution is 2.25. The first-order valence-corrected chi connectivity index (χ1v) is 6.65. The first-order valence-electron chi connectivity index (χ1n) is 6.65. The summed E-state index contributed by atoms with van der Waals surface area (Å²) in [6.07, 6.45) is 5.11. The smallest absolute Gasteiger partial charge is 0.149 e. The molecule has 0 spiro atoms. The lowest BCUT2D eigenvalue weighted by molar-refractivity contribution is 0.297. The first kappa shape index (κ1) is 16.4. The molecule has 23 heavy (non-hydrogen) atoms. The van der Waals surface area contributed by atoms with Crippen molar-refractivity contribution in [3.05, 3.63) is 59.4 Å². The van der Waals surface area contributed by atoms with Crippen LogP contribution >= 0.6 is 0 Å². The van der Waals surface area contributed by atoms with Gasteiger partial charge in [-0.3, -0.25) is 0 Å². The Hall–Kier alpha value is -2.96. The molecule has 120 valence electrons. The van der Waals surface area contributed by atoms with E-state index in [1.807, 2.05) is 0 Å². The largest absolute Gasteiger partial charge is 0.516 e. The Bertz CT molecular complexity index is 761. The summed E-state index contributed by atoms with van der Waals surface area (Å²) in [4.78, 5) is 8.14. The fourth-order valence-corrected chi connectivity index (χ4v) is 1.83. The molecule has 7 heteroatoms. The molecule has 5 nitrogen and oxygen atoms in total. The molecule has 0 amide bonds. The van der Waals surface area contributed by atoms with Crippen LogP contribution in [-0.4, -0.2) is 22.2 Å². The normalized spacial score (nSPS) is 11.7. The Morgan fingerprint density at radius 1 is 1.30 bits per heavy atom. The number of ether oxygens (including phenoxy) is 1. The summed E-state index contributed by atoms with van der Waals surface area (Å²) in [5.41, 5.74) is 0.945. The van der Waals surface area contributed by atoms with E-state index < -0.39 is 11.6 Å². The lowest BCUT2D eigenvalue weighted by atomic mass is 10.1. The van der Waals surface area contributed by atoms with Crippen LogP contribution in [0, 0.1) is 11.6 Å². The summed E-state index contributed by atoms with van der Waals surface area (Å²) in [7, 11) is 1.52. The van der Waals surface area contributed by atoms with E-state index in [1.54, 1.807) is 13.0 Å². The molecule has 0 aliphatic heterocycles. The first-order chi connectivity index (χ1) is 11.0. The number of anilines is 2. The van der Waals surface area contributed by atoms with Gasteiger partial charge in [0.05, 0.1) is 30.5 Å². The third-order valence-corrected chi connectivity index (χ3v) is 3.00. The summed E-state index contributed by atoms with van der Waals surface area (Å²) < 4.78 is 31.8. The van der Waals surface area contributed by atoms with Crippen LogP contribution in [0.4, 0.5) is 20.3 Å². The molecule has 2 N–H and O–H groups in total. The van der Waals surface area contributed by atoms with Gasteiger partial charge in [0, 0.05) is 17.7 Å². The van der Waals surface area contributed by atoms with Crippen LogP contribution < -0.4 is 5.32 Å². The van der Waals surface area contributed by atoms with Gasteiger partial charge in [0.1, 0.15) is 23.8 Å². The molecule has 0 unspecified atom stereocenters. The predicted octanol–water partition coefficient (Wildman–Crippen LogP) is 4.03. The maximum Gasteiger partial charge on any atom is 0.149 e. The van der Waals surface area contributed by atoms with Gasteiger partial charge in [-0.1, -0.05) is 0 Å². The van der Waals surface area contributed by atoms with Gasteiger partial charge in [-0.15, -0.1) is 0 Å². The van der Waals surface area contributed by atoms with Crippen LogP contribution in [0.1, 0.15) is 18.2 Å². The van der Waals surface area contributed by atoms with Gasteiger partial charge in [0.25, 0.3) is 0 Å². The second kappa shape index (κ2) is 7.35. The molecule has 0 atom stereocenters. The number of halogens is 2. The minimum Gasteiger partial charge on any atom is -0.516 e. The quantitative estimate of drug-likeness (QED) is 0.814. The number of allylic oxidation sites excluding steroid dienone is 1. The molecule has 1 aromatic heterocycles. The number of aromatic nitrogens is 2. The van der Waals surface area contributed by atoms with E-state index in [9.17, 15) is 8.78 Å². The van der Waals surface area contributed by atoms with Crippen molar-refractivity contribution in [1.82, 2.24) is 9.97 Å². The van der Waals surface area contributed by atoms with Gasteiger partial charge in [-0.05, 0) is 25.1 Å². The molecule has 0 fully saturated rings. The van der Waals surface area contributed by atoms with E-state index in [4.69, 9.17) is 9.84 Å². The van der Waals surface area contributed by atoms with Crippen molar-refractivity contribution in [3.63, 3.8) is 0 Å². The number of aliphatic hydroxyl groups is 1. The van der Waals surface area contributed by atoms with Crippen LogP contribution in [0.3, 0.4) is 0 Å². The van der Waals surface area contributed by atoms with Crippen molar-refractivity contribution in [3.8, 4) is 0 Å². The summed E-state index contributed by atoms with van der Waals surface area (Å²) in [5, 5.41) is 11.8. The van der Waals surface area contributed by atoms with Crippen molar-refractivity contribution < 1.29 is 18.6 Å². The van der Waals surface area contributed by atoms with Gasteiger partial charge < -0.3 is 15.2 Å². The molecule has 1 aromatic carbocycles. The van der Waals surface area contributed by atoms with Gasteiger partial charge >= 0.3 is 0 Å². The second-order valence-electron chi connectivity index (χ2n) is 4.55. The Kier molecular flexibility index (Phi) is 5.24. The van der Waals surface area contributed by atoms with Gasteiger partial charge in [-0.2, -0.15) is 0 Å². The minimum absolute atomic E-state index is 0.0519. The lowest BCUT2D eigenvalue weighted by Crippen LogP contribution is -2.02. The lowest BCUT2D eigenvalue weighted by Gasteiger charge is -2.11. The Labute approximate surface area is 132 Å². The van der Waals surface area contributed by atoms with Crippen molar-refractivity contribution in [2.75, 3.05) is 12.4 Å². The summed E-state index contributed by atoms with van der Waals surface area (Å²) in [5.74, 6) is -0.584. The Balaban J connectivity index is 2.47. The van der Waals surface area contributed by atoms with E-state index in [0.717, 1.165) is 18.4 Å². The summed E-state index contributed by atoms with van der Waals surface area (Å²) in [6.45, 7) is 1.74. The predicted molar refractivity (Wildman–Crippen MR) is 84.0 cm³/mol. The van der Waals surface area contributed by atoms with Crippen molar-refractivity contribution >= 4 is 23.7 Å². The number of hydrogen-bond donors (Lipinski definition) is 2. The number of benzene rings is 1. The molecule has 1 heterocycles. The molecule has 0 aliphatic carbocycles. The highest BCUT2D eigenvalue weighted by molar-refractivity contribution is 5.74. The van der Waals surface area contributed by atoms with E-state index >= 15 is 0 Å². The van der Waals surface area contributed by atoms with E-state index in [1.165, 1.54) is 25.6 Å². The summed E-state index contributed by atoms with van der Waals surface area (Å²) in [6, 6.07) is 3.15. The number of hydrogen-bond acceptors (Lipinski definition) is 5. The van der Waals surface area contributed by atoms with E-state index in [0.29, 0.717) is 17.0 Å². The van der Waals surface area contributed by atoms with E-state index in [2.05, 4.69) is 15.3 Å². The zero-order valence-electron chi connectivity index (χ0n) is 12.5. The number of aliphatic hydroxyl groups excluding tert-OH is 1. The zero-order chi connectivity index (χ0) is 16.8. The van der Waals surface area contributed by atoms with Gasteiger partial charge in [0.15, 0.2) is 0 Å². The number of nitrogens with zero attached hydrogens (tertiary/aromatic N) is 2. The standard InChI is InChI=1S/C16H15F2N3O2/c1-10(23-2)7-15-12(5-6-22)16(20-9-19-15)21-14-4-3-11(17)8-13(14)18/h3-9,22H,1-2H3,(H,19,20,21)/b6-5+,10-7+. The van der Waals surface area contributed by atoms with Crippen LogP contribution in [-0.2, 0) is 4.74 Å². The van der Waals surface area contributed by atoms with E-state index in [-0.39, 0.29) is 11.5 Å². The summed E-state index contributed by atoms with van der Waals surface area (Å²) >= 11 is 0. The Morgan fingerprint density at radius 3 is 2.74 bits per heavy atom. The van der Waals surface area contributed by atoms with Crippen molar-refractivity contribution in [2.24, 2.45) is 0 Å². The van der Waals surface area contributed by atoms with Crippen LogP contribution in [0.15, 0.2) is 36.5 Å². The molecule has 2 rings (SSSR count). The molecule has 0 saturated heterocycles. The average Bonchev–Trinajstić information content (AvgIpc) is 2.52. The second-order valence-corrected chi connectivity index (χ2v) is 4.55. The van der Waals surface area contributed by atoms with Crippen molar-refractivity contribution in [2.45, 2.75) is 6.92 Å².